The molecule has 0 fully saturated rings. The molecule has 56 valence electrons. The van der Waals surface area contributed by atoms with Crippen LogP contribution in [0.5, 0.6) is 0 Å². The smallest absolute Gasteiger partial charge is 0.353 e. The van der Waals surface area contributed by atoms with Gasteiger partial charge >= 0.3 is 5.97 Å². The van der Waals surface area contributed by atoms with Crippen molar-refractivity contribution in [2.45, 2.75) is 0 Å². The van der Waals surface area contributed by atoms with Crippen molar-refractivity contribution >= 4 is 11.7 Å². The standard InChI is InChI=1S/C6H10N2O2/c1-10-6(9)5-4-7-2-3-8-5/h7H,2-4H2,1H3. The van der Waals surface area contributed by atoms with Crippen LogP contribution in [0.1, 0.15) is 0 Å². The van der Waals surface area contributed by atoms with E-state index in [1.807, 2.05) is 0 Å². The molecule has 0 saturated heterocycles. The summed E-state index contributed by atoms with van der Waals surface area (Å²) in [5.74, 6) is -0.327. The molecule has 0 aromatic heterocycles. The van der Waals surface area contributed by atoms with E-state index in [4.69, 9.17) is 0 Å². The van der Waals surface area contributed by atoms with Crippen molar-refractivity contribution in [1.82, 2.24) is 5.32 Å². The first kappa shape index (κ1) is 7.21. The normalized spacial score (nSPS) is 17.9. The summed E-state index contributed by atoms with van der Waals surface area (Å²) in [4.78, 5) is 14.8. The van der Waals surface area contributed by atoms with E-state index in [0.717, 1.165) is 6.54 Å². The molecule has 0 bridgehead atoms. The van der Waals surface area contributed by atoms with E-state index >= 15 is 0 Å². The minimum absolute atomic E-state index is 0.327. The van der Waals surface area contributed by atoms with Crippen LogP contribution in [-0.2, 0) is 9.53 Å². The lowest BCUT2D eigenvalue weighted by molar-refractivity contribution is -0.132. The van der Waals surface area contributed by atoms with Crippen molar-refractivity contribution in [3.63, 3.8) is 0 Å². The van der Waals surface area contributed by atoms with Crippen molar-refractivity contribution in [2.75, 3.05) is 26.7 Å². The molecule has 0 aromatic rings. The molecule has 0 atom stereocenters. The minimum Gasteiger partial charge on any atom is -0.465 e. The van der Waals surface area contributed by atoms with Gasteiger partial charge in [0.15, 0.2) is 0 Å². The van der Waals surface area contributed by atoms with Crippen molar-refractivity contribution < 1.29 is 9.53 Å². The Balaban J connectivity index is 2.53. The second-order valence-electron chi connectivity index (χ2n) is 2.00. The number of methoxy groups -OCH3 is 1. The van der Waals surface area contributed by atoms with Gasteiger partial charge in [0.1, 0.15) is 5.71 Å². The second-order valence-corrected chi connectivity index (χ2v) is 2.00. The molecular formula is C6H10N2O2. The van der Waals surface area contributed by atoms with Gasteiger partial charge in [-0.1, -0.05) is 0 Å². The zero-order chi connectivity index (χ0) is 7.40. The Kier molecular flexibility index (Phi) is 2.39. The lowest BCUT2D eigenvalue weighted by atomic mass is 10.3. The number of carbonyl (C=O) groups excluding carboxylic acids is 1. The SMILES string of the molecule is COC(=O)C1=NCCNC1. The highest BCUT2D eigenvalue weighted by Crippen LogP contribution is 1.87. The van der Waals surface area contributed by atoms with Gasteiger partial charge in [-0.3, -0.25) is 4.99 Å². The van der Waals surface area contributed by atoms with Crippen LogP contribution >= 0.6 is 0 Å². The summed E-state index contributed by atoms with van der Waals surface area (Å²) in [6, 6.07) is 0. The van der Waals surface area contributed by atoms with Crippen LogP contribution in [0.2, 0.25) is 0 Å². The van der Waals surface area contributed by atoms with E-state index in [9.17, 15) is 4.79 Å². The molecular weight excluding hydrogens is 132 g/mol. The second kappa shape index (κ2) is 3.31. The molecule has 0 aliphatic carbocycles. The zero-order valence-corrected chi connectivity index (χ0v) is 5.89. The molecule has 0 spiro atoms. The van der Waals surface area contributed by atoms with Crippen LogP contribution in [0.25, 0.3) is 0 Å². The molecule has 0 aromatic carbocycles. The van der Waals surface area contributed by atoms with Gasteiger partial charge in [-0.2, -0.15) is 0 Å². The largest absolute Gasteiger partial charge is 0.465 e. The summed E-state index contributed by atoms with van der Waals surface area (Å²) in [6.07, 6.45) is 0. The van der Waals surface area contributed by atoms with Crippen LogP contribution < -0.4 is 5.32 Å². The summed E-state index contributed by atoms with van der Waals surface area (Å²) in [5, 5.41) is 3.02. The summed E-state index contributed by atoms with van der Waals surface area (Å²) in [6.45, 7) is 2.05. The van der Waals surface area contributed by atoms with E-state index in [0.29, 0.717) is 18.8 Å². The molecule has 0 amide bonds. The molecule has 1 aliphatic rings. The first-order chi connectivity index (χ1) is 4.84. The van der Waals surface area contributed by atoms with Gasteiger partial charge < -0.3 is 10.1 Å². The van der Waals surface area contributed by atoms with Crippen LogP contribution in [0.3, 0.4) is 0 Å². The summed E-state index contributed by atoms with van der Waals surface area (Å²) in [7, 11) is 1.36. The molecule has 1 heterocycles. The van der Waals surface area contributed by atoms with E-state index in [1.54, 1.807) is 0 Å². The van der Waals surface area contributed by atoms with Crippen molar-refractivity contribution in [2.24, 2.45) is 4.99 Å². The number of nitrogens with zero attached hydrogens (tertiary/aromatic N) is 1. The van der Waals surface area contributed by atoms with E-state index in [-0.39, 0.29) is 5.97 Å². The van der Waals surface area contributed by atoms with E-state index in [2.05, 4.69) is 15.0 Å². The molecule has 10 heavy (non-hydrogen) atoms. The highest BCUT2D eigenvalue weighted by atomic mass is 16.5. The maximum absolute atomic E-state index is 10.8. The third-order valence-electron chi connectivity index (χ3n) is 1.30. The van der Waals surface area contributed by atoms with Crippen molar-refractivity contribution in [3.8, 4) is 0 Å². The number of nitrogens with one attached hydrogen (secondary N) is 1. The third kappa shape index (κ3) is 1.54. The number of carbonyl (C=O) groups is 1. The monoisotopic (exact) mass is 142 g/mol. The third-order valence-corrected chi connectivity index (χ3v) is 1.30. The maximum atomic E-state index is 10.8. The lowest BCUT2D eigenvalue weighted by Gasteiger charge is -2.10. The number of aliphatic imine (C=N–C) groups is 1. The number of esters is 1. The first-order valence-corrected chi connectivity index (χ1v) is 3.17. The van der Waals surface area contributed by atoms with E-state index < -0.39 is 0 Å². The van der Waals surface area contributed by atoms with Crippen molar-refractivity contribution in [3.05, 3.63) is 0 Å². The predicted molar refractivity (Wildman–Crippen MR) is 37.2 cm³/mol. The molecule has 1 rings (SSSR count). The Hall–Kier alpha value is -0.900. The quantitative estimate of drug-likeness (QED) is 0.488. The summed E-state index contributed by atoms with van der Waals surface area (Å²) < 4.78 is 4.48. The summed E-state index contributed by atoms with van der Waals surface area (Å²) >= 11 is 0. The lowest BCUT2D eigenvalue weighted by Crippen LogP contribution is -2.35. The molecule has 0 saturated carbocycles. The fourth-order valence-electron chi connectivity index (χ4n) is 0.787. The predicted octanol–water partition coefficient (Wildman–Crippen LogP) is -0.796. The van der Waals surface area contributed by atoms with Crippen LogP contribution in [-0.4, -0.2) is 38.4 Å². The molecule has 4 heteroatoms. The van der Waals surface area contributed by atoms with Gasteiger partial charge in [0.05, 0.1) is 13.7 Å². The zero-order valence-electron chi connectivity index (χ0n) is 5.89. The first-order valence-electron chi connectivity index (χ1n) is 3.17. The van der Waals surface area contributed by atoms with Crippen LogP contribution in [0.15, 0.2) is 4.99 Å². The number of ether oxygens (including phenoxy) is 1. The Bertz CT molecular complexity index is 165. The Morgan fingerprint density at radius 3 is 3.10 bits per heavy atom. The Morgan fingerprint density at radius 1 is 1.80 bits per heavy atom. The van der Waals surface area contributed by atoms with Gasteiger partial charge in [-0.15, -0.1) is 0 Å². The van der Waals surface area contributed by atoms with Gasteiger partial charge in [0, 0.05) is 13.1 Å². The minimum atomic E-state index is -0.327. The average molecular weight is 142 g/mol. The van der Waals surface area contributed by atoms with Crippen molar-refractivity contribution in [1.29, 1.82) is 0 Å². The fraction of sp³-hybridized carbons (Fsp3) is 0.667. The number of rotatable bonds is 1. The number of hydrogen-bond donors (Lipinski definition) is 1. The maximum Gasteiger partial charge on any atom is 0.353 e. The topological polar surface area (TPSA) is 50.7 Å². The highest BCUT2D eigenvalue weighted by Gasteiger charge is 2.12. The fourth-order valence-corrected chi connectivity index (χ4v) is 0.787. The van der Waals surface area contributed by atoms with Gasteiger partial charge in [-0.05, 0) is 0 Å². The Labute approximate surface area is 59.3 Å². The van der Waals surface area contributed by atoms with Crippen LogP contribution in [0.4, 0.5) is 0 Å². The molecule has 1 aliphatic heterocycles. The molecule has 0 unspecified atom stereocenters. The van der Waals surface area contributed by atoms with Gasteiger partial charge in [-0.25, -0.2) is 4.79 Å². The molecule has 0 radical (unpaired) electrons. The number of hydrogen-bond acceptors (Lipinski definition) is 4. The highest BCUT2D eigenvalue weighted by molar-refractivity contribution is 6.37. The molecule has 4 nitrogen and oxygen atoms in total. The van der Waals surface area contributed by atoms with Gasteiger partial charge in [0.2, 0.25) is 0 Å². The van der Waals surface area contributed by atoms with Gasteiger partial charge in [0.25, 0.3) is 0 Å². The average Bonchev–Trinajstić information content (AvgIpc) is 2.05. The van der Waals surface area contributed by atoms with Crippen LogP contribution in [0, 0.1) is 0 Å². The van der Waals surface area contributed by atoms with E-state index in [1.165, 1.54) is 7.11 Å². The Morgan fingerprint density at radius 2 is 2.60 bits per heavy atom. The summed E-state index contributed by atoms with van der Waals surface area (Å²) in [5.41, 5.74) is 0.494. The molecule has 1 N–H and O–H groups in total.